The van der Waals surface area contributed by atoms with E-state index in [1.165, 1.54) is 19.0 Å². The van der Waals surface area contributed by atoms with Gasteiger partial charge in [-0.25, -0.2) is 4.98 Å². The third-order valence-corrected chi connectivity index (χ3v) is 6.12. The normalized spacial score (nSPS) is 24.8. The molecule has 4 rings (SSSR count). The Morgan fingerprint density at radius 1 is 1.26 bits per heavy atom. The Morgan fingerprint density at radius 3 is 2.63 bits per heavy atom. The lowest BCUT2D eigenvalue weighted by molar-refractivity contribution is -0.150. The van der Waals surface area contributed by atoms with Crippen LogP contribution in [0.25, 0.3) is 0 Å². The molecule has 0 aliphatic carbocycles. The number of amides is 1. The molecular formula is C20H24N4O3. The molecule has 3 saturated heterocycles. The van der Waals surface area contributed by atoms with Crippen molar-refractivity contribution in [3.05, 3.63) is 29.6 Å². The number of likely N-dealkylation sites (tertiary alicyclic amines) is 2. The molecule has 0 aromatic carbocycles. The predicted molar refractivity (Wildman–Crippen MR) is 96.7 cm³/mol. The highest BCUT2D eigenvalue weighted by atomic mass is 16.6. The Labute approximate surface area is 158 Å². The second kappa shape index (κ2) is 7.28. The van der Waals surface area contributed by atoms with E-state index in [2.05, 4.69) is 9.88 Å². The minimum absolute atomic E-state index is 0.0134. The van der Waals surface area contributed by atoms with Gasteiger partial charge in [0.1, 0.15) is 17.9 Å². The number of ether oxygens (including phenoxy) is 1. The summed E-state index contributed by atoms with van der Waals surface area (Å²) in [5.74, 6) is -0.180. The van der Waals surface area contributed by atoms with Crippen molar-refractivity contribution in [3.8, 4) is 6.07 Å². The summed E-state index contributed by atoms with van der Waals surface area (Å²) in [6.07, 6.45) is 5.96. The molecule has 3 aliphatic rings. The summed E-state index contributed by atoms with van der Waals surface area (Å²) < 4.78 is 5.70. The van der Waals surface area contributed by atoms with E-state index in [-0.39, 0.29) is 18.0 Å². The maximum atomic E-state index is 12.7. The Balaban J connectivity index is 1.35. The first-order chi connectivity index (χ1) is 13.1. The van der Waals surface area contributed by atoms with Gasteiger partial charge in [0.2, 0.25) is 0 Å². The Bertz CT molecular complexity index is 756. The molecule has 1 spiro atoms. The van der Waals surface area contributed by atoms with Crippen LogP contribution in [0.4, 0.5) is 0 Å². The van der Waals surface area contributed by atoms with E-state index in [9.17, 15) is 9.59 Å². The van der Waals surface area contributed by atoms with Crippen LogP contribution < -0.4 is 0 Å². The van der Waals surface area contributed by atoms with E-state index in [4.69, 9.17) is 10.00 Å². The van der Waals surface area contributed by atoms with Crippen LogP contribution in [0.15, 0.2) is 18.3 Å². The van der Waals surface area contributed by atoms with Gasteiger partial charge in [0.25, 0.3) is 5.91 Å². The fourth-order valence-corrected chi connectivity index (χ4v) is 4.51. The van der Waals surface area contributed by atoms with Crippen LogP contribution in [0.1, 0.15) is 48.2 Å². The molecule has 142 valence electrons. The molecule has 3 fully saturated rings. The van der Waals surface area contributed by atoms with Crippen molar-refractivity contribution < 1.29 is 14.3 Å². The third-order valence-electron chi connectivity index (χ3n) is 6.12. The number of esters is 1. The molecule has 4 heterocycles. The van der Waals surface area contributed by atoms with Gasteiger partial charge < -0.3 is 9.64 Å². The third kappa shape index (κ3) is 3.54. The van der Waals surface area contributed by atoms with Crippen molar-refractivity contribution in [1.82, 2.24) is 14.8 Å². The maximum absolute atomic E-state index is 12.7. The van der Waals surface area contributed by atoms with Gasteiger partial charge in [-0.05, 0) is 50.9 Å². The number of hydrogen-bond donors (Lipinski definition) is 0. The van der Waals surface area contributed by atoms with Crippen LogP contribution in [-0.2, 0) is 9.53 Å². The smallest absolute Gasteiger partial charge is 0.312 e. The molecule has 7 heteroatoms. The zero-order valence-electron chi connectivity index (χ0n) is 15.4. The first kappa shape index (κ1) is 17.9. The maximum Gasteiger partial charge on any atom is 0.312 e. The highest BCUT2D eigenvalue weighted by Gasteiger charge is 2.51. The number of pyridine rings is 1. The minimum Gasteiger partial charge on any atom is -0.461 e. The van der Waals surface area contributed by atoms with Crippen molar-refractivity contribution in [2.24, 2.45) is 5.41 Å². The molecule has 0 bridgehead atoms. The summed E-state index contributed by atoms with van der Waals surface area (Å²) in [7, 11) is 0. The monoisotopic (exact) mass is 368 g/mol. The fourth-order valence-electron chi connectivity index (χ4n) is 4.51. The number of aromatic nitrogens is 1. The molecule has 1 aromatic rings. The highest BCUT2D eigenvalue weighted by molar-refractivity contribution is 5.94. The van der Waals surface area contributed by atoms with Gasteiger partial charge in [-0.15, -0.1) is 0 Å². The molecule has 7 nitrogen and oxygen atoms in total. The van der Waals surface area contributed by atoms with Crippen LogP contribution in [0.2, 0.25) is 0 Å². The molecular weight excluding hydrogens is 344 g/mol. The molecule has 27 heavy (non-hydrogen) atoms. The molecule has 0 radical (unpaired) electrons. The number of nitriles is 1. The minimum atomic E-state index is -0.427. The first-order valence-electron chi connectivity index (χ1n) is 9.68. The topological polar surface area (TPSA) is 86.5 Å². The lowest BCUT2D eigenvalue weighted by Crippen LogP contribution is -2.45. The Hall–Kier alpha value is -2.46. The molecule has 3 aliphatic heterocycles. The van der Waals surface area contributed by atoms with Crippen molar-refractivity contribution >= 4 is 11.9 Å². The van der Waals surface area contributed by atoms with Crippen LogP contribution in [-0.4, -0.2) is 65.5 Å². The first-order valence-corrected chi connectivity index (χ1v) is 9.68. The molecule has 1 aromatic heterocycles. The van der Waals surface area contributed by atoms with Crippen LogP contribution >= 0.6 is 0 Å². The van der Waals surface area contributed by atoms with Crippen LogP contribution in [0.5, 0.6) is 0 Å². The van der Waals surface area contributed by atoms with Crippen molar-refractivity contribution in [2.45, 2.75) is 38.2 Å². The molecule has 1 unspecified atom stereocenters. The quantitative estimate of drug-likeness (QED) is 0.753. The lowest BCUT2D eigenvalue weighted by Gasteiger charge is -2.36. The van der Waals surface area contributed by atoms with Gasteiger partial charge in [-0.1, -0.05) is 0 Å². The van der Waals surface area contributed by atoms with E-state index in [1.54, 1.807) is 17.0 Å². The number of cyclic esters (lactones) is 1. The van der Waals surface area contributed by atoms with E-state index in [0.717, 1.165) is 26.1 Å². The van der Waals surface area contributed by atoms with Gasteiger partial charge in [0.05, 0.1) is 11.0 Å². The van der Waals surface area contributed by atoms with Gasteiger partial charge in [-0.3, -0.25) is 14.5 Å². The SMILES string of the molecule is N#Cc1ccc(C(=O)N2CCC3(CC2)CC(CN2CCCC2)OC3=O)cn1. The molecule has 1 amide bonds. The van der Waals surface area contributed by atoms with Crippen LogP contribution in [0, 0.1) is 16.7 Å². The van der Waals surface area contributed by atoms with Gasteiger partial charge in [-0.2, -0.15) is 5.26 Å². The molecule has 1 atom stereocenters. The van der Waals surface area contributed by atoms with Gasteiger partial charge >= 0.3 is 5.97 Å². The number of rotatable bonds is 3. The van der Waals surface area contributed by atoms with E-state index < -0.39 is 5.41 Å². The second-order valence-corrected chi connectivity index (χ2v) is 7.86. The fraction of sp³-hybridized carbons (Fsp3) is 0.600. The zero-order chi connectivity index (χ0) is 18.9. The summed E-state index contributed by atoms with van der Waals surface area (Å²) in [6.45, 7) is 4.13. The highest BCUT2D eigenvalue weighted by Crippen LogP contribution is 2.43. The summed E-state index contributed by atoms with van der Waals surface area (Å²) in [5, 5.41) is 8.81. The lowest BCUT2D eigenvalue weighted by atomic mass is 9.76. The van der Waals surface area contributed by atoms with Crippen molar-refractivity contribution in [3.63, 3.8) is 0 Å². The van der Waals surface area contributed by atoms with Crippen molar-refractivity contribution in [1.29, 1.82) is 5.26 Å². The molecule has 0 saturated carbocycles. The average Bonchev–Trinajstić information content (AvgIpc) is 3.30. The van der Waals surface area contributed by atoms with Gasteiger partial charge in [0.15, 0.2) is 0 Å². The van der Waals surface area contributed by atoms with Crippen molar-refractivity contribution in [2.75, 3.05) is 32.7 Å². The largest absolute Gasteiger partial charge is 0.461 e. The summed E-state index contributed by atoms with van der Waals surface area (Å²) >= 11 is 0. The summed E-state index contributed by atoms with van der Waals surface area (Å²) in [4.78, 5) is 33.3. The molecule has 0 N–H and O–H groups in total. The number of piperidine rings is 1. The Morgan fingerprint density at radius 2 is 2.00 bits per heavy atom. The van der Waals surface area contributed by atoms with E-state index >= 15 is 0 Å². The summed E-state index contributed by atoms with van der Waals surface area (Å²) in [5.41, 5.74) is 0.345. The zero-order valence-corrected chi connectivity index (χ0v) is 15.4. The number of carbonyl (C=O) groups is 2. The number of nitrogens with zero attached hydrogens (tertiary/aromatic N) is 4. The predicted octanol–water partition coefficient (Wildman–Crippen LogP) is 1.59. The number of hydrogen-bond acceptors (Lipinski definition) is 6. The Kier molecular flexibility index (Phi) is 4.83. The van der Waals surface area contributed by atoms with Gasteiger partial charge in [0, 0.05) is 32.3 Å². The van der Waals surface area contributed by atoms with E-state index in [0.29, 0.717) is 37.2 Å². The summed E-state index contributed by atoms with van der Waals surface area (Å²) in [6, 6.07) is 5.13. The standard InChI is InChI=1S/C20H24N4O3/c21-12-16-4-3-15(13-22-16)18(25)24-9-5-20(6-10-24)11-17(27-19(20)26)14-23-7-1-2-8-23/h3-4,13,17H,1-2,5-11,14H2. The van der Waals surface area contributed by atoms with E-state index in [1.807, 2.05) is 6.07 Å². The van der Waals surface area contributed by atoms with Crippen LogP contribution in [0.3, 0.4) is 0 Å². The average molecular weight is 368 g/mol. The number of carbonyl (C=O) groups excluding carboxylic acids is 2. The second-order valence-electron chi connectivity index (χ2n) is 7.86.